The summed E-state index contributed by atoms with van der Waals surface area (Å²) in [7, 11) is 0. The van der Waals surface area contributed by atoms with Crippen LogP contribution in [0.25, 0.3) is 22.1 Å². The van der Waals surface area contributed by atoms with Crippen LogP contribution in [0.4, 0.5) is 5.69 Å². The summed E-state index contributed by atoms with van der Waals surface area (Å²) in [5.41, 5.74) is 4.48. The topological polar surface area (TPSA) is 83.6 Å². The number of carbonyl (C=O) groups excluding carboxylic acids is 1. The van der Waals surface area contributed by atoms with Gasteiger partial charge < -0.3 is 10.3 Å². The van der Waals surface area contributed by atoms with Crippen LogP contribution < -0.4 is 5.32 Å². The maximum absolute atomic E-state index is 12.6. The van der Waals surface area contributed by atoms with Gasteiger partial charge in [0.25, 0.3) is 0 Å². The van der Waals surface area contributed by atoms with Crippen molar-refractivity contribution in [2.45, 2.75) is 23.2 Å². The molecule has 4 aromatic rings. The lowest BCUT2D eigenvalue weighted by Gasteiger charge is -2.11. The van der Waals surface area contributed by atoms with Gasteiger partial charge in [-0.3, -0.25) is 4.79 Å². The van der Waals surface area contributed by atoms with Crippen molar-refractivity contribution in [2.24, 2.45) is 0 Å². The van der Waals surface area contributed by atoms with Crippen molar-refractivity contribution in [1.82, 2.24) is 20.2 Å². The summed E-state index contributed by atoms with van der Waals surface area (Å²) in [5.74, 6) is -0.0136. The number of hydrogen-bond donors (Lipinski definition) is 2. The molecule has 1 atom stereocenters. The molecule has 0 saturated carbocycles. The molecule has 0 bridgehead atoms. The first-order valence-corrected chi connectivity index (χ1v) is 9.32. The third-order valence-corrected chi connectivity index (χ3v) is 5.71. The van der Waals surface area contributed by atoms with E-state index in [1.54, 1.807) is 0 Å². The predicted molar refractivity (Wildman–Crippen MR) is 102 cm³/mol. The molecular weight excluding hydrogens is 346 g/mol. The van der Waals surface area contributed by atoms with E-state index in [4.69, 9.17) is 0 Å². The van der Waals surface area contributed by atoms with Crippen LogP contribution >= 0.6 is 11.8 Å². The second-order valence-electron chi connectivity index (χ2n) is 6.25. The fourth-order valence-electron chi connectivity index (χ4n) is 3.29. The second kappa shape index (κ2) is 6.10. The third kappa shape index (κ3) is 2.61. The minimum atomic E-state index is -0.244. The molecule has 5 rings (SSSR count). The summed E-state index contributed by atoms with van der Waals surface area (Å²) in [6, 6.07) is 15.8. The molecule has 0 radical (unpaired) electrons. The van der Waals surface area contributed by atoms with Crippen LogP contribution in [0.3, 0.4) is 0 Å². The molecule has 1 aliphatic rings. The lowest BCUT2D eigenvalue weighted by atomic mass is 10.1. The number of rotatable bonds is 2. The van der Waals surface area contributed by atoms with Crippen molar-refractivity contribution in [1.29, 1.82) is 0 Å². The number of thioether (sulfide) groups is 1. The molecule has 7 heteroatoms. The van der Waals surface area contributed by atoms with Crippen molar-refractivity contribution in [3.8, 4) is 0 Å². The van der Waals surface area contributed by atoms with Gasteiger partial charge in [-0.25, -0.2) is 4.98 Å². The third-order valence-electron chi connectivity index (χ3n) is 4.59. The van der Waals surface area contributed by atoms with Gasteiger partial charge in [-0.05, 0) is 30.5 Å². The molecule has 6 nitrogen and oxygen atoms in total. The smallest absolute Gasteiger partial charge is 0.237 e. The highest BCUT2D eigenvalue weighted by Crippen LogP contribution is 2.31. The number of hydrogen-bond acceptors (Lipinski definition) is 5. The zero-order valence-corrected chi connectivity index (χ0v) is 14.6. The molecule has 1 unspecified atom stereocenters. The first-order chi connectivity index (χ1) is 12.8. The fourth-order valence-corrected chi connectivity index (χ4v) is 4.17. The standard InChI is InChI=1S/C19H15N5OS/c25-18-15(10-9-11-5-1-3-7-13(11)21-18)26-19-22-17-16(23-24-19)12-6-2-4-8-14(12)20-17/h1-8,15H,9-10H2,(H,21,25)(H,20,22,24). The Labute approximate surface area is 153 Å². The first kappa shape index (κ1) is 15.3. The Morgan fingerprint density at radius 1 is 1.04 bits per heavy atom. The molecule has 1 aliphatic heterocycles. The highest BCUT2D eigenvalue weighted by Gasteiger charge is 2.26. The molecule has 3 heterocycles. The van der Waals surface area contributed by atoms with E-state index in [1.807, 2.05) is 42.5 Å². The minimum Gasteiger partial charge on any atom is -0.338 e. The first-order valence-electron chi connectivity index (χ1n) is 8.44. The van der Waals surface area contributed by atoms with E-state index in [2.05, 4.69) is 31.5 Å². The molecule has 128 valence electrons. The van der Waals surface area contributed by atoms with E-state index < -0.39 is 0 Å². The van der Waals surface area contributed by atoms with Crippen molar-refractivity contribution < 1.29 is 4.79 Å². The van der Waals surface area contributed by atoms with Crippen molar-refractivity contribution in [3.05, 3.63) is 54.1 Å². The van der Waals surface area contributed by atoms with Crippen molar-refractivity contribution in [3.63, 3.8) is 0 Å². The lowest BCUT2D eigenvalue weighted by Crippen LogP contribution is -2.23. The maximum atomic E-state index is 12.6. The van der Waals surface area contributed by atoms with Gasteiger partial charge in [0.1, 0.15) is 5.52 Å². The van der Waals surface area contributed by atoms with E-state index in [1.165, 1.54) is 11.8 Å². The lowest BCUT2D eigenvalue weighted by molar-refractivity contribution is -0.115. The Bertz CT molecular complexity index is 1140. The van der Waals surface area contributed by atoms with Gasteiger partial charge in [-0.2, -0.15) is 0 Å². The number of H-pyrrole nitrogens is 1. The zero-order valence-electron chi connectivity index (χ0n) is 13.8. The quantitative estimate of drug-likeness (QED) is 0.570. The van der Waals surface area contributed by atoms with Crippen LogP contribution in [0, 0.1) is 0 Å². The van der Waals surface area contributed by atoms with Crippen LogP contribution in [-0.4, -0.2) is 31.3 Å². The van der Waals surface area contributed by atoms with E-state index in [9.17, 15) is 4.79 Å². The Balaban J connectivity index is 1.44. The maximum Gasteiger partial charge on any atom is 0.237 e. The Kier molecular flexibility index (Phi) is 3.60. The normalized spacial score (nSPS) is 17.1. The average molecular weight is 361 g/mol. The number of aromatic nitrogens is 4. The molecule has 0 aliphatic carbocycles. The van der Waals surface area contributed by atoms with Crippen LogP contribution in [0.1, 0.15) is 12.0 Å². The number of anilines is 1. The van der Waals surface area contributed by atoms with Gasteiger partial charge in [0.05, 0.1) is 5.25 Å². The van der Waals surface area contributed by atoms with Gasteiger partial charge in [-0.1, -0.05) is 48.2 Å². The van der Waals surface area contributed by atoms with Gasteiger partial charge in [-0.15, -0.1) is 10.2 Å². The van der Waals surface area contributed by atoms with Gasteiger partial charge in [0, 0.05) is 16.6 Å². The van der Waals surface area contributed by atoms with Crippen LogP contribution in [0.15, 0.2) is 53.7 Å². The van der Waals surface area contributed by atoms with E-state index in [0.29, 0.717) is 10.8 Å². The summed E-state index contributed by atoms with van der Waals surface area (Å²) in [5, 5.41) is 12.8. The zero-order chi connectivity index (χ0) is 17.5. The van der Waals surface area contributed by atoms with E-state index in [-0.39, 0.29) is 11.2 Å². The molecule has 0 saturated heterocycles. The number of nitrogens with zero attached hydrogens (tertiary/aromatic N) is 3. The predicted octanol–water partition coefficient (Wildman–Crippen LogP) is 3.55. The Morgan fingerprint density at radius 2 is 1.88 bits per heavy atom. The summed E-state index contributed by atoms with van der Waals surface area (Å²) in [6.45, 7) is 0. The van der Waals surface area contributed by atoms with Crippen LogP contribution in [0.5, 0.6) is 0 Å². The Morgan fingerprint density at radius 3 is 2.85 bits per heavy atom. The SMILES string of the molecule is O=C1Nc2ccccc2CCC1Sc1nnc2c(n1)[nH]c1ccccc12. The molecule has 2 N–H and O–H groups in total. The molecule has 0 spiro atoms. The van der Waals surface area contributed by atoms with Crippen molar-refractivity contribution in [2.75, 3.05) is 5.32 Å². The summed E-state index contributed by atoms with van der Waals surface area (Å²) in [6.07, 6.45) is 1.58. The fraction of sp³-hybridized carbons (Fsp3) is 0.158. The molecule has 2 aromatic carbocycles. The molecule has 26 heavy (non-hydrogen) atoms. The molecular formula is C19H15N5OS. The van der Waals surface area contributed by atoms with E-state index >= 15 is 0 Å². The summed E-state index contributed by atoms with van der Waals surface area (Å²) >= 11 is 1.36. The number of amides is 1. The van der Waals surface area contributed by atoms with Gasteiger partial charge >= 0.3 is 0 Å². The van der Waals surface area contributed by atoms with Crippen molar-refractivity contribution >= 4 is 45.4 Å². The number of benzene rings is 2. The van der Waals surface area contributed by atoms with Crippen LogP contribution in [-0.2, 0) is 11.2 Å². The molecule has 2 aromatic heterocycles. The number of nitrogens with one attached hydrogen (secondary N) is 2. The number of para-hydroxylation sites is 2. The summed E-state index contributed by atoms with van der Waals surface area (Å²) in [4.78, 5) is 20.4. The van der Waals surface area contributed by atoms with Gasteiger partial charge in [0.2, 0.25) is 11.1 Å². The molecule has 0 fully saturated rings. The monoisotopic (exact) mass is 361 g/mol. The average Bonchev–Trinajstić information content (AvgIpc) is 2.95. The van der Waals surface area contributed by atoms with Gasteiger partial charge in [0.15, 0.2) is 5.65 Å². The highest BCUT2D eigenvalue weighted by atomic mass is 32.2. The Hall–Kier alpha value is -2.93. The van der Waals surface area contributed by atoms with E-state index in [0.717, 1.165) is 40.5 Å². The van der Waals surface area contributed by atoms with Crippen LogP contribution in [0.2, 0.25) is 0 Å². The highest BCUT2D eigenvalue weighted by molar-refractivity contribution is 8.00. The number of aryl methyl sites for hydroxylation is 1. The largest absolute Gasteiger partial charge is 0.338 e. The minimum absolute atomic E-state index is 0.0136. The number of aromatic amines is 1. The number of fused-ring (bicyclic) bond motifs is 4. The summed E-state index contributed by atoms with van der Waals surface area (Å²) < 4.78 is 0. The number of carbonyl (C=O) groups is 1. The molecule has 1 amide bonds. The second-order valence-corrected chi connectivity index (χ2v) is 7.42.